The molecule has 1 aliphatic rings. The number of rotatable bonds is 4. The fourth-order valence-corrected chi connectivity index (χ4v) is 1.41. The first-order valence-electron chi connectivity index (χ1n) is 5.45. The molecule has 92 valence electrons. The molecule has 2 atom stereocenters. The van der Waals surface area contributed by atoms with Crippen molar-refractivity contribution in [1.29, 1.82) is 0 Å². The molecule has 6 heteroatoms. The fourth-order valence-electron chi connectivity index (χ4n) is 1.41. The molecular formula is C10H18N2O4. The van der Waals surface area contributed by atoms with E-state index < -0.39 is 17.9 Å². The summed E-state index contributed by atoms with van der Waals surface area (Å²) in [6.07, 6.45) is 1.27. The smallest absolute Gasteiger partial charge is 0.309 e. The Hall–Kier alpha value is -1.14. The highest BCUT2D eigenvalue weighted by Gasteiger charge is 2.19. The molecule has 0 aromatic rings. The second-order valence-electron chi connectivity index (χ2n) is 3.90. The Labute approximate surface area is 94.3 Å². The van der Waals surface area contributed by atoms with Gasteiger partial charge in [-0.15, -0.1) is 0 Å². The van der Waals surface area contributed by atoms with Crippen LogP contribution in [0, 0.1) is 0 Å². The Kier molecular flexibility index (Phi) is 5.21. The van der Waals surface area contributed by atoms with Crippen LogP contribution in [0.3, 0.4) is 0 Å². The van der Waals surface area contributed by atoms with Gasteiger partial charge in [0.25, 0.3) is 0 Å². The van der Waals surface area contributed by atoms with E-state index >= 15 is 0 Å². The summed E-state index contributed by atoms with van der Waals surface area (Å²) < 4.78 is 5.29. The molecule has 0 spiro atoms. The molecule has 2 amide bonds. The minimum absolute atomic E-state index is 0.0218. The number of carbonyl (C=O) groups excluding carboxylic acids is 2. The van der Waals surface area contributed by atoms with Gasteiger partial charge in [0.1, 0.15) is 0 Å². The van der Waals surface area contributed by atoms with Gasteiger partial charge in [-0.1, -0.05) is 0 Å². The monoisotopic (exact) mass is 230 g/mol. The first-order chi connectivity index (χ1) is 7.59. The lowest BCUT2D eigenvalue weighted by atomic mass is 10.2. The summed E-state index contributed by atoms with van der Waals surface area (Å²) in [5.74, 6) is -1.41. The zero-order chi connectivity index (χ0) is 12.0. The second-order valence-corrected chi connectivity index (χ2v) is 3.90. The summed E-state index contributed by atoms with van der Waals surface area (Å²) in [6.45, 7) is 2.69. The van der Waals surface area contributed by atoms with Crippen LogP contribution >= 0.6 is 0 Å². The van der Waals surface area contributed by atoms with E-state index in [1.165, 1.54) is 6.92 Å². The van der Waals surface area contributed by atoms with E-state index in [-0.39, 0.29) is 12.6 Å². The first kappa shape index (κ1) is 12.9. The molecule has 1 heterocycles. The van der Waals surface area contributed by atoms with Gasteiger partial charge in [-0.25, -0.2) is 0 Å². The van der Waals surface area contributed by atoms with Gasteiger partial charge in [0.2, 0.25) is 0 Å². The Bertz CT molecular complexity index is 249. The molecule has 0 bridgehead atoms. The molecule has 3 N–H and O–H groups in total. The molecule has 1 saturated heterocycles. The van der Waals surface area contributed by atoms with Crippen molar-refractivity contribution < 1.29 is 19.4 Å². The number of hydrogen-bond acceptors (Lipinski definition) is 4. The van der Waals surface area contributed by atoms with Crippen LogP contribution in [0.15, 0.2) is 0 Å². The van der Waals surface area contributed by atoms with Gasteiger partial charge in [-0.3, -0.25) is 9.59 Å². The minimum atomic E-state index is -0.723. The van der Waals surface area contributed by atoms with Crippen molar-refractivity contribution in [1.82, 2.24) is 10.6 Å². The van der Waals surface area contributed by atoms with Crippen LogP contribution in [0.4, 0.5) is 0 Å². The average Bonchev–Trinajstić information content (AvgIpc) is 2.75. The predicted octanol–water partition coefficient (Wildman–Crippen LogP) is -1.22. The van der Waals surface area contributed by atoms with Crippen molar-refractivity contribution in [2.75, 3.05) is 19.7 Å². The van der Waals surface area contributed by atoms with Crippen LogP contribution in [-0.2, 0) is 14.3 Å². The van der Waals surface area contributed by atoms with Gasteiger partial charge in [0.15, 0.2) is 0 Å². The van der Waals surface area contributed by atoms with Gasteiger partial charge in [-0.05, 0) is 19.8 Å². The summed E-state index contributed by atoms with van der Waals surface area (Å²) in [6, 6.07) is 0. The van der Waals surface area contributed by atoms with E-state index in [0.717, 1.165) is 19.4 Å². The molecule has 0 saturated carbocycles. The highest BCUT2D eigenvalue weighted by Crippen LogP contribution is 2.10. The standard InChI is InChI=1S/C10H18N2O4/c1-7(13)5-11-9(14)10(15)12-6-8-3-2-4-16-8/h7-8,13H,2-6H2,1H3,(H,11,14)(H,12,15)/t7-,8-/m0/s1. The zero-order valence-electron chi connectivity index (χ0n) is 9.36. The Morgan fingerprint density at radius 2 is 2.12 bits per heavy atom. The van der Waals surface area contributed by atoms with Crippen molar-refractivity contribution >= 4 is 11.8 Å². The first-order valence-corrected chi connectivity index (χ1v) is 5.45. The summed E-state index contributed by atoms with van der Waals surface area (Å²) in [5, 5.41) is 13.7. The van der Waals surface area contributed by atoms with Gasteiger partial charge in [0.05, 0.1) is 12.2 Å². The number of carbonyl (C=O) groups is 2. The highest BCUT2D eigenvalue weighted by molar-refractivity contribution is 6.35. The van der Waals surface area contributed by atoms with Gasteiger partial charge < -0.3 is 20.5 Å². The molecule has 0 unspecified atom stereocenters. The molecule has 0 radical (unpaired) electrons. The minimum Gasteiger partial charge on any atom is -0.392 e. The summed E-state index contributed by atoms with van der Waals surface area (Å²) in [7, 11) is 0. The molecule has 6 nitrogen and oxygen atoms in total. The Morgan fingerprint density at radius 3 is 2.69 bits per heavy atom. The third kappa shape index (κ3) is 4.59. The lowest BCUT2D eigenvalue weighted by Crippen LogP contribution is -2.44. The average molecular weight is 230 g/mol. The summed E-state index contributed by atoms with van der Waals surface area (Å²) in [5.41, 5.74) is 0. The van der Waals surface area contributed by atoms with Crippen LogP contribution < -0.4 is 10.6 Å². The van der Waals surface area contributed by atoms with Crippen molar-refractivity contribution in [2.45, 2.75) is 32.0 Å². The van der Waals surface area contributed by atoms with E-state index in [2.05, 4.69) is 10.6 Å². The van der Waals surface area contributed by atoms with E-state index in [1.807, 2.05) is 0 Å². The lowest BCUT2D eigenvalue weighted by Gasteiger charge is -2.11. The number of ether oxygens (including phenoxy) is 1. The SMILES string of the molecule is C[C@H](O)CNC(=O)C(=O)NC[C@@H]1CCCO1. The molecule has 1 aliphatic heterocycles. The van der Waals surface area contributed by atoms with Crippen LogP contribution in [0.2, 0.25) is 0 Å². The molecule has 0 aromatic carbocycles. The number of nitrogens with one attached hydrogen (secondary N) is 2. The number of amides is 2. The summed E-state index contributed by atoms with van der Waals surface area (Å²) in [4.78, 5) is 22.4. The molecule has 1 rings (SSSR count). The van der Waals surface area contributed by atoms with E-state index in [0.29, 0.717) is 6.54 Å². The Morgan fingerprint density at radius 1 is 1.44 bits per heavy atom. The summed E-state index contributed by atoms with van der Waals surface area (Å²) >= 11 is 0. The maximum Gasteiger partial charge on any atom is 0.309 e. The van der Waals surface area contributed by atoms with Crippen molar-refractivity contribution in [3.63, 3.8) is 0 Å². The maximum atomic E-state index is 11.3. The van der Waals surface area contributed by atoms with Gasteiger partial charge in [0, 0.05) is 19.7 Å². The fraction of sp³-hybridized carbons (Fsp3) is 0.800. The molecule has 0 aromatic heterocycles. The predicted molar refractivity (Wildman–Crippen MR) is 56.7 cm³/mol. The molecule has 16 heavy (non-hydrogen) atoms. The molecule has 0 aliphatic carbocycles. The van der Waals surface area contributed by atoms with Crippen LogP contribution in [0.5, 0.6) is 0 Å². The van der Waals surface area contributed by atoms with E-state index in [1.54, 1.807) is 0 Å². The van der Waals surface area contributed by atoms with Crippen LogP contribution in [-0.4, -0.2) is 48.8 Å². The largest absolute Gasteiger partial charge is 0.392 e. The number of aliphatic hydroxyl groups excluding tert-OH is 1. The van der Waals surface area contributed by atoms with Crippen LogP contribution in [0.25, 0.3) is 0 Å². The number of hydrogen-bond donors (Lipinski definition) is 3. The molecule has 1 fully saturated rings. The van der Waals surface area contributed by atoms with Crippen LogP contribution in [0.1, 0.15) is 19.8 Å². The van der Waals surface area contributed by atoms with Crippen molar-refractivity contribution in [3.05, 3.63) is 0 Å². The second kappa shape index (κ2) is 6.44. The molecular weight excluding hydrogens is 212 g/mol. The third-order valence-corrected chi connectivity index (χ3v) is 2.28. The quantitative estimate of drug-likeness (QED) is 0.528. The topological polar surface area (TPSA) is 87.7 Å². The Balaban J connectivity index is 2.15. The van der Waals surface area contributed by atoms with E-state index in [9.17, 15) is 9.59 Å². The van der Waals surface area contributed by atoms with Crippen molar-refractivity contribution in [3.8, 4) is 0 Å². The van der Waals surface area contributed by atoms with Crippen molar-refractivity contribution in [2.24, 2.45) is 0 Å². The van der Waals surface area contributed by atoms with E-state index in [4.69, 9.17) is 9.84 Å². The van der Waals surface area contributed by atoms with Gasteiger partial charge >= 0.3 is 11.8 Å². The van der Waals surface area contributed by atoms with Gasteiger partial charge in [-0.2, -0.15) is 0 Å². The lowest BCUT2D eigenvalue weighted by molar-refractivity contribution is -0.139. The number of aliphatic hydroxyl groups is 1. The maximum absolute atomic E-state index is 11.3. The highest BCUT2D eigenvalue weighted by atomic mass is 16.5. The normalized spacial score (nSPS) is 21.5. The zero-order valence-corrected chi connectivity index (χ0v) is 9.36. The third-order valence-electron chi connectivity index (χ3n) is 2.28.